The second kappa shape index (κ2) is 9.20. The molecule has 0 radical (unpaired) electrons. The van der Waals surface area contributed by atoms with Crippen molar-refractivity contribution in [3.8, 4) is 0 Å². The number of nitrogens with zero attached hydrogens (tertiary/aromatic N) is 1. The molecule has 3 nitrogen and oxygen atoms in total. The molecule has 0 bridgehead atoms. The molecule has 1 amide bonds. The van der Waals surface area contributed by atoms with Crippen LogP contribution in [0.1, 0.15) is 55.9 Å². The standard InChI is InChI=1S/C22H26ClNO2/c1-2-16-26-22(18-11-13-19(23)14-12-18)21(17-8-4-3-5-9-17)24-15-7-6-10-20(24)25/h3-5,8-9,11-14,21-22H,2,6-7,10,15-16H2,1H3/t21-,22+/m0/s1. The minimum Gasteiger partial charge on any atom is -0.371 e. The molecule has 0 aliphatic carbocycles. The van der Waals surface area contributed by atoms with E-state index in [9.17, 15) is 4.79 Å². The van der Waals surface area contributed by atoms with E-state index in [1.165, 1.54) is 0 Å². The maximum Gasteiger partial charge on any atom is 0.223 e. The Bertz CT molecular complexity index is 702. The van der Waals surface area contributed by atoms with Gasteiger partial charge in [-0.25, -0.2) is 0 Å². The maximum absolute atomic E-state index is 12.7. The molecule has 0 saturated carbocycles. The predicted molar refractivity (Wildman–Crippen MR) is 105 cm³/mol. The van der Waals surface area contributed by atoms with Crippen LogP contribution in [0.25, 0.3) is 0 Å². The molecule has 4 heteroatoms. The van der Waals surface area contributed by atoms with E-state index in [0.717, 1.165) is 36.9 Å². The Labute approximate surface area is 160 Å². The average molecular weight is 372 g/mol. The van der Waals surface area contributed by atoms with Gasteiger partial charge in [0.15, 0.2) is 0 Å². The van der Waals surface area contributed by atoms with Gasteiger partial charge in [-0.2, -0.15) is 0 Å². The van der Waals surface area contributed by atoms with Crippen molar-refractivity contribution in [1.29, 1.82) is 0 Å². The lowest BCUT2D eigenvalue weighted by Crippen LogP contribution is -2.41. The van der Waals surface area contributed by atoms with Gasteiger partial charge in [-0.05, 0) is 42.5 Å². The van der Waals surface area contributed by atoms with Crippen molar-refractivity contribution in [2.75, 3.05) is 13.2 Å². The Morgan fingerprint density at radius 2 is 1.77 bits per heavy atom. The molecule has 3 rings (SSSR count). The van der Waals surface area contributed by atoms with E-state index >= 15 is 0 Å². The highest BCUT2D eigenvalue weighted by Gasteiger charge is 2.34. The normalized spacial score (nSPS) is 17.2. The van der Waals surface area contributed by atoms with Crippen LogP contribution in [-0.4, -0.2) is 24.0 Å². The largest absolute Gasteiger partial charge is 0.371 e. The third-order valence-corrected chi connectivity index (χ3v) is 5.08. The lowest BCUT2D eigenvalue weighted by atomic mass is 9.92. The minimum absolute atomic E-state index is 0.128. The highest BCUT2D eigenvalue weighted by atomic mass is 35.5. The molecule has 2 aromatic carbocycles. The Balaban J connectivity index is 2.02. The lowest BCUT2D eigenvalue weighted by molar-refractivity contribution is -0.140. The number of likely N-dealkylation sites (tertiary alicyclic amines) is 1. The van der Waals surface area contributed by atoms with E-state index < -0.39 is 0 Å². The summed E-state index contributed by atoms with van der Waals surface area (Å²) in [6, 6.07) is 17.9. The van der Waals surface area contributed by atoms with Gasteiger partial charge in [-0.3, -0.25) is 4.79 Å². The Morgan fingerprint density at radius 3 is 2.42 bits per heavy atom. The van der Waals surface area contributed by atoms with E-state index in [1.54, 1.807) is 0 Å². The number of rotatable bonds is 7. The molecule has 1 saturated heterocycles. The van der Waals surface area contributed by atoms with Gasteiger partial charge in [-0.1, -0.05) is 61.0 Å². The summed E-state index contributed by atoms with van der Waals surface area (Å²) in [7, 11) is 0. The summed E-state index contributed by atoms with van der Waals surface area (Å²) in [5, 5.41) is 0.702. The minimum atomic E-state index is -0.211. The number of benzene rings is 2. The van der Waals surface area contributed by atoms with Crippen LogP contribution in [0.15, 0.2) is 54.6 Å². The zero-order valence-corrected chi connectivity index (χ0v) is 16.0. The number of hydrogen-bond acceptors (Lipinski definition) is 2. The number of amides is 1. The summed E-state index contributed by atoms with van der Waals surface area (Å²) in [5.74, 6) is 0.212. The molecule has 1 fully saturated rings. The van der Waals surface area contributed by atoms with Gasteiger partial charge in [0.1, 0.15) is 6.10 Å². The van der Waals surface area contributed by atoms with Crippen LogP contribution < -0.4 is 0 Å². The van der Waals surface area contributed by atoms with Crippen molar-refractivity contribution in [3.05, 3.63) is 70.7 Å². The molecular weight excluding hydrogens is 346 g/mol. The lowest BCUT2D eigenvalue weighted by Gasteiger charge is -2.39. The van der Waals surface area contributed by atoms with E-state index in [0.29, 0.717) is 18.1 Å². The van der Waals surface area contributed by atoms with E-state index in [4.69, 9.17) is 16.3 Å². The number of halogens is 1. The summed E-state index contributed by atoms with van der Waals surface area (Å²) < 4.78 is 6.30. The zero-order chi connectivity index (χ0) is 18.4. The molecule has 0 spiro atoms. The van der Waals surface area contributed by atoms with Crippen molar-refractivity contribution in [2.45, 2.75) is 44.8 Å². The average Bonchev–Trinajstić information content (AvgIpc) is 2.68. The van der Waals surface area contributed by atoms with Crippen LogP contribution in [-0.2, 0) is 9.53 Å². The van der Waals surface area contributed by atoms with Gasteiger partial charge in [0.25, 0.3) is 0 Å². The Hall–Kier alpha value is -1.84. The summed E-state index contributed by atoms with van der Waals surface area (Å²) in [5.41, 5.74) is 2.16. The molecule has 2 atom stereocenters. The van der Waals surface area contributed by atoms with Crippen molar-refractivity contribution < 1.29 is 9.53 Å². The molecule has 138 valence electrons. The Kier molecular flexibility index (Phi) is 6.70. The second-order valence-corrected chi connectivity index (χ2v) is 7.18. The highest BCUT2D eigenvalue weighted by molar-refractivity contribution is 6.30. The monoisotopic (exact) mass is 371 g/mol. The number of carbonyl (C=O) groups excluding carboxylic acids is 1. The molecule has 26 heavy (non-hydrogen) atoms. The van der Waals surface area contributed by atoms with Crippen molar-refractivity contribution in [1.82, 2.24) is 4.90 Å². The van der Waals surface area contributed by atoms with Crippen LogP contribution in [0, 0.1) is 0 Å². The molecule has 1 aliphatic heterocycles. The number of piperidine rings is 1. The molecule has 0 aromatic heterocycles. The van der Waals surface area contributed by atoms with Crippen molar-refractivity contribution >= 4 is 17.5 Å². The first-order chi connectivity index (χ1) is 12.7. The van der Waals surface area contributed by atoms with Gasteiger partial charge in [0.05, 0.1) is 6.04 Å². The summed E-state index contributed by atoms with van der Waals surface area (Å²) in [6.45, 7) is 3.53. The molecule has 0 unspecified atom stereocenters. The molecule has 1 heterocycles. The Morgan fingerprint density at radius 1 is 1.04 bits per heavy atom. The molecular formula is C22H26ClNO2. The van der Waals surface area contributed by atoms with Gasteiger partial charge in [0, 0.05) is 24.6 Å². The summed E-state index contributed by atoms with van der Waals surface area (Å²) >= 11 is 6.08. The van der Waals surface area contributed by atoms with Crippen LogP contribution in [0.3, 0.4) is 0 Å². The topological polar surface area (TPSA) is 29.5 Å². The van der Waals surface area contributed by atoms with Crippen LogP contribution >= 0.6 is 11.6 Å². The SMILES string of the molecule is CCCO[C@H](c1ccc(Cl)cc1)[C@H](c1ccccc1)N1CCCCC1=O. The van der Waals surface area contributed by atoms with Gasteiger partial charge in [0.2, 0.25) is 5.91 Å². The smallest absolute Gasteiger partial charge is 0.223 e. The first-order valence-electron chi connectivity index (χ1n) is 9.42. The fraction of sp³-hybridized carbons (Fsp3) is 0.409. The second-order valence-electron chi connectivity index (χ2n) is 6.74. The third kappa shape index (κ3) is 4.46. The van der Waals surface area contributed by atoms with E-state index in [-0.39, 0.29) is 18.1 Å². The fourth-order valence-corrected chi connectivity index (χ4v) is 3.68. The predicted octanol–water partition coefficient (Wildman–Crippen LogP) is 5.56. The van der Waals surface area contributed by atoms with Gasteiger partial charge in [-0.15, -0.1) is 0 Å². The number of carbonyl (C=O) groups is 1. The molecule has 0 N–H and O–H groups in total. The summed E-state index contributed by atoms with van der Waals surface area (Å²) in [6.07, 6.45) is 3.34. The number of ether oxygens (including phenoxy) is 1. The van der Waals surface area contributed by atoms with E-state index in [1.807, 2.05) is 47.4 Å². The van der Waals surface area contributed by atoms with Crippen LogP contribution in [0.5, 0.6) is 0 Å². The fourth-order valence-electron chi connectivity index (χ4n) is 3.56. The van der Waals surface area contributed by atoms with Crippen molar-refractivity contribution in [3.63, 3.8) is 0 Å². The molecule has 1 aliphatic rings. The first-order valence-corrected chi connectivity index (χ1v) is 9.80. The van der Waals surface area contributed by atoms with Crippen molar-refractivity contribution in [2.24, 2.45) is 0 Å². The van der Waals surface area contributed by atoms with Crippen LogP contribution in [0.4, 0.5) is 0 Å². The quantitative estimate of drug-likeness (QED) is 0.637. The molecule has 2 aromatic rings. The number of hydrogen-bond donors (Lipinski definition) is 0. The van der Waals surface area contributed by atoms with Gasteiger partial charge < -0.3 is 9.64 Å². The first kappa shape index (κ1) is 18.9. The van der Waals surface area contributed by atoms with Gasteiger partial charge >= 0.3 is 0 Å². The summed E-state index contributed by atoms with van der Waals surface area (Å²) in [4.78, 5) is 14.7. The zero-order valence-electron chi connectivity index (χ0n) is 15.2. The third-order valence-electron chi connectivity index (χ3n) is 4.82. The maximum atomic E-state index is 12.7. The van der Waals surface area contributed by atoms with Crippen LogP contribution in [0.2, 0.25) is 5.02 Å². The van der Waals surface area contributed by atoms with E-state index in [2.05, 4.69) is 19.1 Å². The highest BCUT2D eigenvalue weighted by Crippen LogP contribution is 2.39.